The monoisotopic (exact) mass is 238 g/mol. The van der Waals surface area contributed by atoms with Crippen molar-refractivity contribution in [3.63, 3.8) is 0 Å². The van der Waals surface area contributed by atoms with Crippen molar-refractivity contribution in [2.24, 2.45) is 0 Å². The summed E-state index contributed by atoms with van der Waals surface area (Å²) in [6.45, 7) is 2.70. The van der Waals surface area contributed by atoms with Gasteiger partial charge in [-0.2, -0.15) is 0 Å². The highest BCUT2D eigenvalue weighted by Crippen LogP contribution is 2.40. The van der Waals surface area contributed by atoms with Gasteiger partial charge in [0.1, 0.15) is 5.60 Å². The van der Waals surface area contributed by atoms with E-state index in [-0.39, 0.29) is 11.4 Å². The molecule has 0 bridgehead atoms. The van der Waals surface area contributed by atoms with Crippen molar-refractivity contribution in [2.45, 2.75) is 12.5 Å². The third-order valence-electron chi connectivity index (χ3n) is 3.35. The Labute approximate surface area is 106 Å². The van der Waals surface area contributed by atoms with Crippen LogP contribution >= 0.6 is 0 Å². The van der Waals surface area contributed by atoms with Gasteiger partial charge in [-0.15, -0.1) is 0 Å². The molecular weight excluding hydrogens is 224 g/mol. The highest BCUT2D eigenvalue weighted by Gasteiger charge is 2.43. The number of epoxide rings is 1. The molecule has 1 unspecified atom stereocenters. The summed E-state index contributed by atoms with van der Waals surface area (Å²) < 4.78 is 5.46. The van der Waals surface area contributed by atoms with Gasteiger partial charge >= 0.3 is 0 Å². The summed E-state index contributed by atoms with van der Waals surface area (Å²) in [6.07, 6.45) is 0. The van der Waals surface area contributed by atoms with E-state index < -0.39 is 0 Å². The average Bonchev–Trinajstić information content (AvgIpc) is 3.18. The van der Waals surface area contributed by atoms with Crippen molar-refractivity contribution in [2.75, 3.05) is 6.61 Å². The molecule has 0 N–H and O–H groups in total. The van der Waals surface area contributed by atoms with Gasteiger partial charge in [-0.3, -0.25) is 4.79 Å². The van der Waals surface area contributed by atoms with E-state index in [9.17, 15) is 4.79 Å². The lowest BCUT2D eigenvalue weighted by atomic mass is 9.91. The Morgan fingerprint density at radius 3 is 2.33 bits per heavy atom. The number of rotatable bonds is 3. The highest BCUT2D eigenvalue weighted by atomic mass is 16.6. The van der Waals surface area contributed by atoms with E-state index in [2.05, 4.69) is 0 Å². The van der Waals surface area contributed by atoms with Crippen LogP contribution in [0.25, 0.3) is 0 Å². The SMILES string of the molecule is CC1(c2ccccc2C(=O)c2ccccc2)CO1. The van der Waals surface area contributed by atoms with Crippen molar-refractivity contribution in [3.05, 3.63) is 71.3 Å². The highest BCUT2D eigenvalue weighted by molar-refractivity contribution is 6.10. The summed E-state index contributed by atoms with van der Waals surface area (Å²) >= 11 is 0. The molecule has 3 rings (SSSR count). The summed E-state index contributed by atoms with van der Waals surface area (Å²) in [7, 11) is 0. The van der Waals surface area contributed by atoms with E-state index >= 15 is 0 Å². The van der Waals surface area contributed by atoms with Gasteiger partial charge in [0.05, 0.1) is 6.61 Å². The van der Waals surface area contributed by atoms with Crippen LogP contribution < -0.4 is 0 Å². The second-order valence-electron chi connectivity index (χ2n) is 4.76. The Kier molecular flexibility index (Phi) is 2.53. The normalized spacial score (nSPS) is 21.6. The minimum atomic E-state index is -0.277. The zero-order chi connectivity index (χ0) is 12.6. The number of benzene rings is 2. The first-order valence-corrected chi connectivity index (χ1v) is 6.04. The third kappa shape index (κ3) is 1.85. The Bertz CT molecular complexity index is 583. The van der Waals surface area contributed by atoms with E-state index in [1.165, 1.54) is 0 Å². The molecule has 2 aromatic carbocycles. The van der Waals surface area contributed by atoms with Gasteiger partial charge in [0.2, 0.25) is 0 Å². The molecule has 0 spiro atoms. The molecule has 0 aliphatic carbocycles. The van der Waals surface area contributed by atoms with Crippen LogP contribution in [0, 0.1) is 0 Å². The molecule has 2 nitrogen and oxygen atoms in total. The van der Waals surface area contributed by atoms with E-state index in [1.54, 1.807) is 0 Å². The standard InChI is InChI=1S/C16H14O2/c1-16(11-18-16)14-10-6-5-9-13(14)15(17)12-7-3-2-4-8-12/h2-10H,11H2,1H3. The van der Waals surface area contributed by atoms with E-state index in [0.29, 0.717) is 12.2 Å². The average molecular weight is 238 g/mol. The molecule has 0 saturated carbocycles. The maximum Gasteiger partial charge on any atom is 0.193 e. The predicted molar refractivity (Wildman–Crippen MR) is 69.6 cm³/mol. The Morgan fingerprint density at radius 2 is 1.67 bits per heavy atom. The molecule has 0 amide bonds. The molecule has 1 fully saturated rings. The molecule has 0 aromatic heterocycles. The van der Waals surface area contributed by atoms with Gasteiger partial charge in [0, 0.05) is 11.1 Å². The summed E-state index contributed by atoms with van der Waals surface area (Å²) in [6, 6.07) is 17.0. The van der Waals surface area contributed by atoms with Gasteiger partial charge in [-0.05, 0) is 12.5 Å². The van der Waals surface area contributed by atoms with Gasteiger partial charge in [-0.1, -0.05) is 54.6 Å². The molecule has 2 heteroatoms. The number of carbonyl (C=O) groups excluding carboxylic acids is 1. The lowest BCUT2D eigenvalue weighted by Crippen LogP contribution is -2.12. The number of ketones is 1. The van der Waals surface area contributed by atoms with Crippen molar-refractivity contribution in [3.8, 4) is 0 Å². The Hall–Kier alpha value is -1.93. The number of ether oxygens (including phenoxy) is 1. The fourth-order valence-corrected chi connectivity index (χ4v) is 2.15. The lowest BCUT2D eigenvalue weighted by molar-refractivity contribution is 0.103. The fourth-order valence-electron chi connectivity index (χ4n) is 2.15. The van der Waals surface area contributed by atoms with Gasteiger partial charge in [-0.25, -0.2) is 0 Å². The van der Waals surface area contributed by atoms with Crippen LogP contribution in [0.15, 0.2) is 54.6 Å². The zero-order valence-corrected chi connectivity index (χ0v) is 10.2. The second kappa shape index (κ2) is 4.07. The summed E-state index contributed by atoms with van der Waals surface area (Å²) in [4.78, 5) is 12.5. The molecular formula is C16H14O2. The van der Waals surface area contributed by atoms with Crippen LogP contribution in [0.1, 0.15) is 28.4 Å². The molecule has 90 valence electrons. The number of hydrogen-bond donors (Lipinski definition) is 0. The van der Waals surface area contributed by atoms with Crippen LogP contribution in [0.4, 0.5) is 0 Å². The second-order valence-corrected chi connectivity index (χ2v) is 4.76. The maximum absolute atomic E-state index is 12.5. The van der Waals surface area contributed by atoms with E-state index in [1.807, 2.05) is 61.5 Å². The summed E-state index contributed by atoms with van der Waals surface area (Å²) in [5.74, 6) is 0.0583. The molecule has 1 aliphatic rings. The van der Waals surface area contributed by atoms with Crippen LogP contribution in [0.5, 0.6) is 0 Å². The zero-order valence-electron chi connectivity index (χ0n) is 10.2. The van der Waals surface area contributed by atoms with Gasteiger partial charge in [0.15, 0.2) is 5.78 Å². The first-order valence-electron chi connectivity index (χ1n) is 6.04. The van der Waals surface area contributed by atoms with Gasteiger partial charge < -0.3 is 4.74 Å². The van der Waals surface area contributed by atoms with Gasteiger partial charge in [0.25, 0.3) is 0 Å². The minimum Gasteiger partial charge on any atom is -0.365 e. The summed E-state index contributed by atoms with van der Waals surface area (Å²) in [5.41, 5.74) is 2.16. The molecule has 18 heavy (non-hydrogen) atoms. The van der Waals surface area contributed by atoms with Crippen molar-refractivity contribution < 1.29 is 9.53 Å². The van der Waals surface area contributed by atoms with Crippen LogP contribution in [0.2, 0.25) is 0 Å². The molecule has 1 saturated heterocycles. The van der Waals surface area contributed by atoms with Crippen molar-refractivity contribution in [1.82, 2.24) is 0 Å². The first kappa shape index (κ1) is 11.2. The topological polar surface area (TPSA) is 29.6 Å². The smallest absolute Gasteiger partial charge is 0.193 e. The van der Waals surface area contributed by atoms with E-state index in [0.717, 1.165) is 11.1 Å². The Balaban J connectivity index is 2.05. The summed E-state index contributed by atoms with van der Waals surface area (Å²) in [5, 5.41) is 0. The van der Waals surface area contributed by atoms with Crippen molar-refractivity contribution in [1.29, 1.82) is 0 Å². The quantitative estimate of drug-likeness (QED) is 0.607. The van der Waals surface area contributed by atoms with Crippen LogP contribution in [0.3, 0.4) is 0 Å². The predicted octanol–water partition coefficient (Wildman–Crippen LogP) is 3.16. The molecule has 1 aliphatic heterocycles. The molecule has 0 radical (unpaired) electrons. The number of hydrogen-bond acceptors (Lipinski definition) is 2. The maximum atomic E-state index is 12.5. The largest absolute Gasteiger partial charge is 0.365 e. The number of carbonyl (C=O) groups is 1. The van der Waals surface area contributed by atoms with Crippen LogP contribution in [-0.4, -0.2) is 12.4 Å². The third-order valence-corrected chi connectivity index (χ3v) is 3.35. The van der Waals surface area contributed by atoms with Crippen LogP contribution in [-0.2, 0) is 10.3 Å². The van der Waals surface area contributed by atoms with E-state index in [4.69, 9.17) is 4.74 Å². The molecule has 1 atom stereocenters. The Morgan fingerprint density at radius 1 is 1.06 bits per heavy atom. The van der Waals surface area contributed by atoms with Crippen molar-refractivity contribution >= 4 is 5.78 Å². The molecule has 2 aromatic rings. The fraction of sp³-hybridized carbons (Fsp3) is 0.188. The molecule has 1 heterocycles. The minimum absolute atomic E-state index is 0.0583. The lowest BCUT2D eigenvalue weighted by Gasteiger charge is -2.11. The first-order chi connectivity index (χ1) is 8.71.